The fourth-order valence-electron chi connectivity index (χ4n) is 1.26. The number of carbonyl (C=O) groups excluding carboxylic acids is 1. The van der Waals surface area contributed by atoms with Crippen LogP contribution in [-0.4, -0.2) is 36.7 Å². The van der Waals surface area contributed by atoms with Crippen LogP contribution in [0.25, 0.3) is 0 Å². The Morgan fingerprint density at radius 2 is 2.15 bits per heavy atom. The zero-order valence-corrected chi connectivity index (χ0v) is 8.53. The predicted octanol–water partition coefficient (Wildman–Crippen LogP) is 0.140. The second-order valence-corrected chi connectivity index (χ2v) is 4.30. The van der Waals surface area contributed by atoms with Gasteiger partial charge in [0.15, 0.2) is 0 Å². The quantitative estimate of drug-likeness (QED) is 0.611. The highest BCUT2D eigenvalue weighted by atomic mass is 32.2. The lowest BCUT2D eigenvalue weighted by molar-refractivity contribution is 0.236. The summed E-state index contributed by atoms with van der Waals surface area (Å²) in [6, 6.07) is 0.279. The second kappa shape index (κ2) is 6.10. The van der Waals surface area contributed by atoms with Gasteiger partial charge in [-0.3, -0.25) is 0 Å². The van der Waals surface area contributed by atoms with Crippen molar-refractivity contribution in [1.29, 1.82) is 0 Å². The van der Waals surface area contributed by atoms with Crippen LogP contribution in [0.3, 0.4) is 0 Å². The zero-order chi connectivity index (χ0) is 9.52. The highest BCUT2D eigenvalue weighted by Crippen LogP contribution is 2.16. The van der Waals surface area contributed by atoms with Gasteiger partial charge >= 0.3 is 6.03 Å². The topological polar surface area (TPSA) is 67.1 Å². The van der Waals surface area contributed by atoms with Crippen molar-refractivity contribution in [2.75, 3.05) is 24.6 Å². The molecule has 1 heterocycles. The van der Waals surface area contributed by atoms with E-state index in [-0.39, 0.29) is 6.03 Å². The first kappa shape index (κ1) is 10.7. The van der Waals surface area contributed by atoms with E-state index in [2.05, 4.69) is 10.6 Å². The van der Waals surface area contributed by atoms with E-state index in [1.165, 1.54) is 0 Å². The van der Waals surface area contributed by atoms with Crippen LogP contribution in [0, 0.1) is 0 Å². The molecule has 4 nitrogen and oxygen atoms in total. The number of hydrogen-bond acceptors (Lipinski definition) is 3. The third-order valence-electron chi connectivity index (χ3n) is 1.99. The van der Waals surface area contributed by atoms with Gasteiger partial charge in [0.2, 0.25) is 0 Å². The van der Waals surface area contributed by atoms with Crippen LogP contribution >= 0.6 is 11.8 Å². The number of hydrogen-bond donors (Lipinski definition) is 3. The van der Waals surface area contributed by atoms with Gasteiger partial charge in [0, 0.05) is 19.1 Å². The largest absolute Gasteiger partial charge is 0.337 e. The Bertz CT molecular complexity index is 159. The number of nitrogens with one attached hydrogen (secondary N) is 2. The summed E-state index contributed by atoms with van der Waals surface area (Å²) in [5.74, 6) is 2.31. The molecule has 0 bridgehead atoms. The molecule has 1 fully saturated rings. The fourth-order valence-corrected chi connectivity index (χ4v) is 2.37. The molecule has 4 N–H and O–H groups in total. The average molecular weight is 203 g/mol. The van der Waals surface area contributed by atoms with Crippen molar-refractivity contribution >= 4 is 17.8 Å². The molecule has 0 aliphatic carbocycles. The monoisotopic (exact) mass is 203 g/mol. The van der Waals surface area contributed by atoms with Crippen LogP contribution < -0.4 is 16.4 Å². The van der Waals surface area contributed by atoms with Gasteiger partial charge in [0.1, 0.15) is 0 Å². The summed E-state index contributed by atoms with van der Waals surface area (Å²) in [5.41, 5.74) is 5.26. The van der Waals surface area contributed by atoms with Crippen molar-refractivity contribution in [3.63, 3.8) is 0 Å². The van der Waals surface area contributed by atoms with Gasteiger partial charge in [0.25, 0.3) is 0 Å². The first-order valence-electron chi connectivity index (χ1n) is 4.65. The van der Waals surface area contributed by atoms with Crippen LogP contribution in [0.5, 0.6) is 0 Å². The summed E-state index contributed by atoms with van der Waals surface area (Å²) in [5, 5.41) is 5.63. The molecular formula is C8H17N3OS. The average Bonchev–Trinajstić information content (AvgIpc) is 2.16. The lowest BCUT2D eigenvalue weighted by Gasteiger charge is -2.22. The molecule has 0 aromatic carbocycles. The summed E-state index contributed by atoms with van der Waals surface area (Å²) in [7, 11) is 0. The minimum atomic E-state index is -0.0812. The molecule has 5 heteroatoms. The number of urea groups is 1. The van der Waals surface area contributed by atoms with Gasteiger partial charge in [0.05, 0.1) is 0 Å². The van der Waals surface area contributed by atoms with Crippen molar-refractivity contribution in [2.45, 2.75) is 18.9 Å². The maximum absolute atomic E-state index is 11.2. The highest BCUT2D eigenvalue weighted by Gasteiger charge is 2.14. The van der Waals surface area contributed by atoms with Crippen molar-refractivity contribution in [3.05, 3.63) is 0 Å². The van der Waals surface area contributed by atoms with Gasteiger partial charge in [-0.25, -0.2) is 4.79 Å². The van der Waals surface area contributed by atoms with Crippen LogP contribution in [0.15, 0.2) is 0 Å². The smallest absolute Gasteiger partial charge is 0.315 e. The van der Waals surface area contributed by atoms with Crippen molar-refractivity contribution in [2.24, 2.45) is 5.73 Å². The molecule has 2 amide bonds. The molecule has 0 aromatic heterocycles. The first-order valence-corrected chi connectivity index (χ1v) is 5.80. The molecule has 0 saturated carbocycles. The molecule has 1 aliphatic heterocycles. The van der Waals surface area contributed by atoms with Gasteiger partial charge in [-0.05, 0) is 24.3 Å². The van der Waals surface area contributed by atoms with Gasteiger partial charge < -0.3 is 16.4 Å². The number of rotatable bonds is 3. The summed E-state index contributed by atoms with van der Waals surface area (Å²) < 4.78 is 0. The van der Waals surface area contributed by atoms with E-state index in [0.29, 0.717) is 19.1 Å². The maximum atomic E-state index is 11.2. The zero-order valence-electron chi connectivity index (χ0n) is 7.71. The predicted molar refractivity (Wildman–Crippen MR) is 55.9 cm³/mol. The number of carbonyl (C=O) groups is 1. The van der Waals surface area contributed by atoms with Crippen molar-refractivity contribution in [1.82, 2.24) is 10.6 Å². The molecule has 0 radical (unpaired) electrons. The van der Waals surface area contributed by atoms with E-state index in [4.69, 9.17) is 5.73 Å². The minimum absolute atomic E-state index is 0.0812. The maximum Gasteiger partial charge on any atom is 0.315 e. The molecule has 76 valence electrons. The van der Waals surface area contributed by atoms with Gasteiger partial charge in [-0.15, -0.1) is 0 Å². The normalized spacial score (nSPS) is 18.2. The minimum Gasteiger partial charge on any atom is -0.337 e. The molecule has 0 atom stereocenters. The summed E-state index contributed by atoms with van der Waals surface area (Å²) in [4.78, 5) is 11.2. The van der Waals surface area contributed by atoms with Crippen LogP contribution in [0.1, 0.15) is 12.8 Å². The Kier molecular flexibility index (Phi) is 5.00. The lowest BCUT2D eigenvalue weighted by Crippen LogP contribution is -2.44. The summed E-state index contributed by atoms with van der Waals surface area (Å²) in [6.07, 6.45) is 2.17. The number of nitrogens with two attached hydrogens (primary N) is 1. The number of amides is 2. The van der Waals surface area contributed by atoms with E-state index in [1.54, 1.807) is 0 Å². The van der Waals surface area contributed by atoms with Crippen molar-refractivity contribution < 1.29 is 4.79 Å². The Balaban J connectivity index is 2.11. The SMILES string of the molecule is NCCNC(=O)NC1CCSCC1. The van der Waals surface area contributed by atoms with Gasteiger partial charge in [-0.1, -0.05) is 0 Å². The molecule has 1 saturated heterocycles. The van der Waals surface area contributed by atoms with E-state index >= 15 is 0 Å². The molecular weight excluding hydrogens is 186 g/mol. The Morgan fingerprint density at radius 3 is 2.77 bits per heavy atom. The van der Waals surface area contributed by atoms with Crippen LogP contribution in [0.4, 0.5) is 4.79 Å². The standard InChI is InChI=1S/C8H17N3OS/c9-3-4-10-8(12)11-7-1-5-13-6-2-7/h7H,1-6,9H2,(H2,10,11,12). The third-order valence-corrected chi connectivity index (χ3v) is 3.04. The van der Waals surface area contributed by atoms with E-state index in [0.717, 1.165) is 24.3 Å². The van der Waals surface area contributed by atoms with Gasteiger partial charge in [-0.2, -0.15) is 11.8 Å². The van der Waals surface area contributed by atoms with E-state index in [1.807, 2.05) is 11.8 Å². The van der Waals surface area contributed by atoms with Crippen molar-refractivity contribution in [3.8, 4) is 0 Å². The lowest BCUT2D eigenvalue weighted by atomic mass is 10.2. The van der Waals surface area contributed by atoms with Crippen LogP contribution in [-0.2, 0) is 0 Å². The van der Waals surface area contributed by atoms with E-state index in [9.17, 15) is 4.79 Å². The molecule has 0 unspecified atom stereocenters. The fraction of sp³-hybridized carbons (Fsp3) is 0.875. The Labute approximate surface area is 83.0 Å². The van der Waals surface area contributed by atoms with E-state index < -0.39 is 0 Å². The Hall–Kier alpha value is -0.420. The highest BCUT2D eigenvalue weighted by molar-refractivity contribution is 7.99. The number of thioether (sulfide) groups is 1. The second-order valence-electron chi connectivity index (χ2n) is 3.08. The molecule has 0 spiro atoms. The first-order chi connectivity index (χ1) is 6.33. The van der Waals surface area contributed by atoms with Crippen LogP contribution in [0.2, 0.25) is 0 Å². The summed E-state index contributed by atoms with van der Waals surface area (Å²) in [6.45, 7) is 1.04. The molecule has 1 aliphatic rings. The Morgan fingerprint density at radius 1 is 1.46 bits per heavy atom. The molecule has 13 heavy (non-hydrogen) atoms. The molecule has 0 aromatic rings. The molecule has 1 rings (SSSR count). The summed E-state index contributed by atoms with van der Waals surface area (Å²) >= 11 is 1.95. The third kappa shape index (κ3) is 4.38.